The number of carbonyl (C=O) groups is 2. The van der Waals surface area contributed by atoms with Gasteiger partial charge in [-0.3, -0.25) is 9.59 Å². The van der Waals surface area contributed by atoms with Crippen LogP contribution in [0, 0.1) is 34.5 Å². The number of rotatable bonds is 1. The summed E-state index contributed by atoms with van der Waals surface area (Å²) in [6, 6.07) is 0. The van der Waals surface area contributed by atoms with Crippen molar-refractivity contribution in [1.82, 2.24) is 0 Å². The van der Waals surface area contributed by atoms with E-state index in [0.717, 1.165) is 31.6 Å². The third-order valence-electron chi connectivity index (χ3n) is 8.42. The smallest absolute Gasteiger partial charge is 0.300 e. The van der Waals surface area contributed by atoms with Gasteiger partial charge in [0.25, 0.3) is 5.97 Å². The van der Waals surface area contributed by atoms with E-state index < -0.39 is 5.97 Å². The van der Waals surface area contributed by atoms with E-state index in [0.29, 0.717) is 23.0 Å². The van der Waals surface area contributed by atoms with Crippen LogP contribution in [0.3, 0.4) is 0 Å². The van der Waals surface area contributed by atoms with Gasteiger partial charge in [0.05, 0.1) is 0 Å². The Morgan fingerprint density at radius 1 is 1.14 bits per heavy atom. The van der Waals surface area contributed by atoms with Crippen LogP contribution < -0.4 is 0 Å². The SMILES string of the molecule is C=C(C)C1CCC2[C@@H]3C=C(C)C4=CC(=O)CC[C@]4(C)C3CC[C@]12C.CC(=O)O. The molecule has 3 unspecified atom stereocenters. The Morgan fingerprint density at radius 3 is 2.39 bits per heavy atom. The van der Waals surface area contributed by atoms with Gasteiger partial charge in [-0.15, -0.1) is 0 Å². The zero-order valence-electron chi connectivity index (χ0n) is 18.2. The summed E-state index contributed by atoms with van der Waals surface area (Å²) in [6.07, 6.45) is 11.7. The molecule has 6 atom stereocenters. The minimum absolute atomic E-state index is 0.222. The highest BCUT2D eigenvalue weighted by Gasteiger charge is 2.58. The zero-order valence-corrected chi connectivity index (χ0v) is 18.2. The molecule has 0 heterocycles. The lowest BCUT2D eigenvalue weighted by molar-refractivity contribution is -0.134. The molecular formula is C25H36O3. The second kappa shape index (κ2) is 7.31. The Hall–Kier alpha value is -1.64. The van der Waals surface area contributed by atoms with Gasteiger partial charge in [0, 0.05) is 13.3 Å². The van der Waals surface area contributed by atoms with Crippen molar-refractivity contribution in [2.45, 2.75) is 73.1 Å². The van der Waals surface area contributed by atoms with E-state index in [9.17, 15) is 4.79 Å². The summed E-state index contributed by atoms with van der Waals surface area (Å²) in [5, 5.41) is 7.42. The number of ketones is 1. The molecule has 0 amide bonds. The molecule has 0 radical (unpaired) electrons. The lowest BCUT2D eigenvalue weighted by atomic mass is 9.47. The minimum atomic E-state index is -0.833. The topological polar surface area (TPSA) is 54.4 Å². The molecule has 0 aromatic rings. The number of fused-ring (bicyclic) bond motifs is 5. The normalized spacial score (nSPS) is 41.4. The molecule has 0 aromatic carbocycles. The monoisotopic (exact) mass is 384 g/mol. The van der Waals surface area contributed by atoms with E-state index in [4.69, 9.17) is 9.90 Å². The van der Waals surface area contributed by atoms with Crippen LogP contribution in [0.5, 0.6) is 0 Å². The molecular weight excluding hydrogens is 348 g/mol. The van der Waals surface area contributed by atoms with Crippen molar-refractivity contribution in [2.75, 3.05) is 0 Å². The van der Waals surface area contributed by atoms with Crippen LogP contribution in [-0.4, -0.2) is 16.9 Å². The number of carboxylic acids is 1. The summed E-state index contributed by atoms with van der Waals surface area (Å²) in [4.78, 5) is 21.0. The van der Waals surface area contributed by atoms with E-state index in [1.54, 1.807) is 0 Å². The van der Waals surface area contributed by atoms with Crippen molar-refractivity contribution in [3.63, 3.8) is 0 Å². The number of aliphatic carboxylic acids is 1. The van der Waals surface area contributed by atoms with E-state index >= 15 is 0 Å². The maximum Gasteiger partial charge on any atom is 0.300 e. The molecule has 0 saturated heterocycles. The molecule has 0 aliphatic heterocycles. The molecule has 4 rings (SSSR count). The van der Waals surface area contributed by atoms with Crippen molar-refractivity contribution >= 4 is 11.8 Å². The van der Waals surface area contributed by atoms with Gasteiger partial charge < -0.3 is 5.11 Å². The van der Waals surface area contributed by atoms with Crippen LogP contribution in [0.1, 0.15) is 73.1 Å². The maximum absolute atomic E-state index is 12.0. The minimum Gasteiger partial charge on any atom is -0.481 e. The molecule has 2 saturated carbocycles. The summed E-state index contributed by atoms with van der Waals surface area (Å²) in [5.41, 5.74) is 4.80. The summed E-state index contributed by atoms with van der Waals surface area (Å²) in [7, 11) is 0. The largest absolute Gasteiger partial charge is 0.481 e. The molecule has 3 nitrogen and oxygen atoms in total. The Kier molecular flexibility index (Phi) is 5.51. The molecule has 28 heavy (non-hydrogen) atoms. The summed E-state index contributed by atoms with van der Waals surface area (Å²) in [6.45, 7) is 14.9. The first-order valence-electron chi connectivity index (χ1n) is 10.8. The van der Waals surface area contributed by atoms with Gasteiger partial charge in [-0.1, -0.05) is 37.6 Å². The lowest BCUT2D eigenvalue weighted by Gasteiger charge is -2.57. The average molecular weight is 385 g/mol. The number of hydrogen-bond donors (Lipinski definition) is 1. The van der Waals surface area contributed by atoms with Crippen LogP contribution >= 0.6 is 0 Å². The second-order valence-corrected chi connectivity index (χ2v) is 10.1. The Morgan fingerprint density at radius 2 is 1.79 bits per heavy atom. The van der Waals surface area contributed by atoms with Gasteiger partial charge >= 0.3 is 0 Å². The van der Waals surface area contributed by atoms with Crippen LogP contribution in [-0.2, 0) is 9.59 Å². The molecule has 0 aromatic heterocycles. The van der Waals surface area contributed by atoms with Crippen molar-refractivity contribution in [2.24, 2.45) is 34.5 Å². The summed E-state index contributed by atoms with van der Waals surface area (Å²) >= 11 is 0. The van der Waals surface area contributed by atoms with Crippen LogP contribution in [0.25, 0.3) is 0 Å². The third kappa shape index (κ3) is 3.31. The number of carboxylic acid groups (broad SMARTS) is 1. The maximum atomic E-state index is 12.0. The quantitative estimate of drug-likeness (QED) is 0.567. The first kappa shape index (κ1) is 21.1. The number of carbonyl (C=O) groups excluding carboxylic acids is 1. The predicted molar refractivity (Wildman–Crippen MR) is 113 cm³/mol. The first-order valence-corrected chi connectivity index (χ1v) is 10.8. The van der Waals surface area contributed by atoms with E-state index in [-0.39, 0.29) is 5.41 Å². The van der Waals surface area contributed by atoms with Crippen molar-refractivity contribution in [3.05, 3.63) is 35.5 Å². The molecule has 3 heteroatoms. The van der Waals surface area contributed by atoms with E-state index in [2.05, 4.69) is 40.3 Å². The molecule has 2 fully saturated rings. The molecule has 1 N–H and O–H groups in total. The van der Waals surface area contributed by atoms with Crippen molar-refractivity contribution in [3.8, 4) is 0 Å². The van der Waals surface area contributed by atoms with Crippen molar-refractivity contribution in [1.29, 1.82) is 0 Å². The highest BCUT2D eigenvalue weighted by Crippen LogP contribution is 2.66. The molecule has 4 aliphatic rings. The molecule has 0 bridgehead atoms. The first-order chi connectivity index (χ1) is 13.0. The molecule has 4 aliphatic carbocycles. The van der Waals surface area contributed by atoms with Crippen LogP contribution in [0.4, 0.5) is 0 Å². The van der Waals surface area contributed by atoms with Gasteiger partial charge in [-0.25, -0.2) is 0 Å². The Balaban J connectivity index is 0.000000516. The fourth-order valence-electron chi connectivity index (χ4n) is 7.22. The van der Waals surface area contributed by atoms with E-state index in [1.807, 2.05) is 6.08 Å². The number of hydrogen-bond acceptors (Lipinski definition) is 2. The van der Waals surface area contributed by atoms with Crippen LogP contribution in [0.2, 0.25) is 0 Å². The highest BCUT2D eigenvalue weighted by atomic mass is 16.4. The van der Waals surface area contributed by atoms with Crippen molar-refractivity contribution < 1.29 is 14.7 Å². The lowest BCUT2D eigenvalue weighted by Crippen LogP contribution is -2.49. The summed E-state index contributed by atoms with van der Waals surface area (Å²) in [5.74, 6) is 2.42. The van der Waals surface area contributed by atoms with Gasteiger partial charge in [0.2, 0.25) is 0 Å². The fourth-order valence-corrected chi connectivity index (χ4v) is 7.22. The van der Waals surface area contributed by atoms with Gasteiger partial charge in [-0.05, 0) is 92.1 Å². The second-order valence-electron chi connectivity index (χ2n) is 10.1. The third-order valence-corrected chi connectivity index (χ3v) is 8.42. The van der Waals surface area contributed by atoms with E-state index in [1.165, 1.54) is 42.4 Å². The highest BCUT2D eigenvalue weighted by molar-refractivity contribution is 5.92. The van der Waals surface area contributed by atoms with Gasteiger partial charge in [0.1, 0.15) is 0 Å². The Labute approximate surface area is 170 Å². The average Bonchev–Trinajstić information content (AvgIpc) is 2.94. The standard InChI is InChI=1S/C23H32O.C2H4O2/c1-14(2)18-6-7-19-17-12-15(3)21-13-16(24)8-10-23(21,5)20(17)9-11-22(18,19)4;1-2(3)4/h12-13,17-20H,1,6-11H2,2-5H3;1H3,(H,3,4)/t17-,18?,19?,20?,22+,23+;/m0./s1. The van der Waals surface area contributed by atoms with Crippen LogP contribution in [0.15, 0.2) is 35.5 Å². The predicted octanol–water partition coefficient (Wildman–Crippen LogP) is 5.97. The molecule has 154 valence electrons. The zero-order chi connectivity index (χ0) is 20.9. The Bertz CT molecular complexity index is 754. The number of allylic oxidation sites excluding steroid dienone is 5. The fraction of sp³-hybridized carbons (Fsp3) is 0.680. The summed E-state index contributed by atoms with van der Waals surface area (Å²) < 4.78 is 0. The molecule has 0 spiro atoms. The van der Waals surface area contributed by atoms with Gasteiger partial charge in [-0.2, -0.15) is 0 Å². The van der Waals surface area contributed by atoms with Gasteiger partial charge in [0.15, 0.2) is 5.78 Å².